The predicted molar refractivity (Wildman–Crippen MR) is 81.3 cm³/mol. The predicted octanol–water partition coefficient (Wildman–Crippen LogP) is 2.35. The van der Waals surface area contributed by atoms with E-state index in [2.05, 4.69) is 30.4 Å². The van der Waals surface area contributed by atoms with Crippen LogP contribution >= 0.6 is 0 Å². The van der Waals surface area contributed by atoms with Gasteiger partial charge in [-0.15, -0.1) is 0 Å². The summed E-state index contributed by atoms with van der Waals surface area (Å²) in [5.41, 5.74) is 9.22. The van der Waals surface area contributed by atoms with E-state index in [1.54, 1.807) is 0 Å². The molecule has 0 aromatic heterocycles. The van der Waals surface area contributed by atoms with E-state index >= 15 is 0 Å². The van der Waals surface area contributed by atoms with E-state index < -0.39 is 6.04 Å². The van der Waals surface area contributed by atoms with Gasteiger partial charge in [-0.2, -0.15) is 0 Å². The van der Waals surface area contributed by atoms with Crippen molar-refractivity contribution in [1.29, 1.82) is 0 Å². The molecule has 0 fully saturated rings. The molecule has 3 N–H and O–H groups in total. The lowest BCUT2D eigenvalue weighted by atomic mass is 10.1. The molecule has 2 aromatic rings. The zero-order chi connectivity index (χ0) is 14.4. The fourth-order valence-electron chi connectivity index (χ4n) is 2.12. The van der Waals surface area contributed by atoms with E-state index in [1.807, 2.05) is 36.4 Å². The van der Waals surface area contributed by atoms with E-state index in [9.17, 15) is 4.79 Å². The monoisotopic (exact) mass is 268 g/mol. The Kier molecular flexibility index (Phi) is 4.91. The van der Waals surface area contributed by atoms with Gasteiger partial charge in [0.1, 0.15) is 6.04 Å². The van der Waals surface area contributed by atoms with Crippen LogP contribution in [-0.2, 0) is 11.2 Å². The van der Waals surface area contributed by atoms with Crippen LogP contribution in [0.4, 0.5) is 0 Å². The lowest BCUT2D eigenvalue weighted by Gasteiger charge is -2.12. The maximum atomic E-state index is 12.0. The van der Waals surface area contributed by atoms with Gasteiger partial charge in [0.2, 0.25) is 5.91 Å². The highest BCUT2D eigenvalue weighted by molar-refractivity contribution is 5.82. The molecule has 0 spiro atoms. The number of carbonyl (C=O) groups is 1. The van der Waals surface area contributed by atoms with Crippen molar-refractivity contribution in [3.63, 3.8) is 0 Å². The third-order valence-electron chi connectivity index (χ3n) is 3.24. The molecule has 104 valence electrons. The Hall–Kier alpha value is -2.13. The molecule has 0 aliphatic rings. The highest BCUT2D eigenvalue weighted by Gasteiger charge is 2.14. The number of nitrogens with two attached hydrogens (primary N) is 1. The van der Waals surface area contributed by atoms with Gasteiger partial charge in [0.15, 0.2) is 0 Å². The van der Waals surface area contributed by atoms with Crippen molar-refractivity contribution >= 4 is 5.91 Å². The van der Waals surface area contributed by atoms with Crippen molar-refractivity contribution in [2.24, 2.45) is 5.73 Å². The average Bonchev–Trinajstić information content (AvgIpc) is 2.47. The molecule has 20 heavy (non-hydrogen) atoms. The maximum absolute atomic E-state index is 12.0. The van der Waals surface area contributed by atoms with Crippen LogP contribution in [-0.4, -0.2) is 12.5 Å². The summed E-state index contributed by atoms with van der Waals surface area (Å²) in [6.07, 6.45) is 0.814. The smallest absolute Gasteiger partial charge is 0.241 e. The molecule has 0 aliphatic carbocycles. The summed E-state index contributed by atoms with van der Waals surface area (Å²) in [4.78, 5) is 12.0. The highest BCUT2D eigenvalue weighted by Crippen LogP contribution is 2.09. The fourth-order valence-corrected chi connectivity index (χ4v) is 2.12. The topological polar surface area (TPSA) is 55.1 Å². The molecule has 1 atom stereocenters. The van der Waals surface area contributed by atoms with Crippen LogP contribution in [0.5, 0.6) is 0 Å². The number of benzene rings is 2. The van der Waals surface area contributed by atoms with Crippen LogP contribution < -0.4 is 11.1 Å². The van der Waals surface area contributed by atoms with E-state index in [4.69, 9.17) is 5.73 Å². The van der Waals surface area contributed by atoms with Crippen LogP contribution in [0.25, 0.3) is 0 Å². The summed E-state index contributed by atoms with van der Waals surface area (Å²) >= 11 is 0. The highest BCUT2D eigenvalue weighted by atomic mass is 16.2. The molecule has 1 amide bonds. The zero-order valence-electron chi connectivity index (χ0n) is 11.7. The third kappa shape index (κ3) is 3.93. The first-order valence-corrected chi connectivity index (χ1v) is 6.80. The molecular weight excluding hydrogens is 248 g/mol. The Morgan fingerprint density at radius 1 is 1.15 bits per heavy atom. The number of hydrogen-bond acceptors (Lipinski definition) is 2. The van der Waals surface area contributed by atoms with E-state index in [-0.39, 0.29) is 5.91 Å². The lowest BCUT2D eigenvalue weighted by Crippen LogP contribution is -2.35. The third-order valence-corrected chi connectivity index (χ3v) is 3.24. The Bertz CT molecular complexity index is 566. The Balaban J connectivity index is 1.83. The largest absolute Gasteiger partial charge is 0.354 e. The summed E-state index contributed by atoms with van der Waals surface area (Å²) in [5, 5.41) is 2.88. The summed E-state index contributed by atoms with van der Waals surface area (Å²) in [5.74, 6) is -0.135. The molecule has 0 aliphatic heterocycles. The summed E-state index contributed by atoms with van der Waals surface area (Å²) in [6, 6.07) is 17.1. The van der Waals surface area contributed by atoms with Crippen LogP contribution in [0.2, 0.25) is 0 Å². The molecule has 0 bridgehead atoms. The molecule has 3 nitrogen and oxygen atoms in total. The van der Waals surface area contributed by atoms with Gasteiger partial charge in [0, 0.05) is 6.54 Å². The van der Waals surface area contributed by atoms with Gasteiger partial charge in [0.05, 0.1) is 0 Å². The van der Waals surface area contributed by atoms with Gasteiger partial charge in [-0.3, -0.25) is 4.79 Å². The Morgan fingerprint density at radius 2 is 1.90 bits per heavy atom. The molecule has 0 radical (unpaired) electrons. The minimum Gasteiger partial charge on any atom is -0.354 e. The number of rotatable bonds is 5. The van der Waals surface area contributed by atoms with Gasteiger partial charge in [-0.05, 0) is 24.5 Å². The van der Waals surface area contributed by atoms with Crippen LogP contribution in [0.1, 0.15) is 22.7 Å². The number of aryl methyl sites for hydroxylation is 1. The van der Waals surface area contributed by atoms with Crippen molar-refractivity contribution in [2.45, 2.75) is 19.4 Å². The first-order chi connectivity index (χ1) is 9.66. The molecule has 0 heterocycles. The Labute approximate surface area is 119 Å². The van der Waals surface area contributed by atoms with Gasteiger partial charge in [0.25, 0.3) is 0 Å². The number of amides is 1. The lowest BCUT2D eigenvalue weighted by molar-refractivity contribution is -0.122. The first-order valence-electron chi connectivity index (χ1n) is 6.80. The fraction of sp³-hybridized carbons (Fsp3) is 0.235. The molecule has 3 heteroatoms. The molecule has 0 saturated carbocycles. The standard InChI is InChI=1S/C17H20N2O/c1-13-6-5-7-14(12-13)10-11-19-17(20)16(18)15-8-3-2-4-9-15/h2-9,12,16H,10-11,18H2,1H3,(H,19,20)/t16-/m1/s1. The van der Waals surface area contributed by atoms with E-state index in [0.29, 0.717) is 6.54 Å². The Morgan fingerprint density at radius 3 is 2.60 bits per heavy atom. The number of carbonyl (C=O) groups excluding carboxylic acids is 1. The summed E-state index contributed by atoms with van der Waals surface area (Å²) < 4.78 is 0. The average molecular weight is 268 g/mol. The normalized spacial score (nSPS) is 11.9. The van der Waals surface area contributed by atoms with Crippen molar-refractivity contribution in [3.05, 3.63) is 71.3 Å². The van der Waals surface area contributed by atoms with Crippen molar-refractivity contribution < 1.29 is 4.79 Å². The SMILES string of the molecule is Cc1cccc(CCNC(=O)[C@H](N)c2ccccc2)c1. The molecule has 2 aromatic carbocycles. The van der Waals surface area contributed by atoms with Crippen LogP contribution in [0, 0.1) is 6.92 Å². The second-order valence-corrected chi connectivity index (χ2v) is 4.92. The van der Waals surface area contributed by atoms with Crippen molar-refractivity contribution in [1.82, 2.24) is 5.32 Å². The summed E-state index contributed by atoms with van der Waals surface area (Å²) in [7, 11) is 0. The summed E-state index contributed by atoms with van der Waals surface area (Å²) in [6.45, 7) is 2.66. The van der Waals surface area contributed by atoms with E-state index in [0.717, 1.165) is 12.0 Å². The minimum atomic E-state index is -0.603. The first kappa shape index (κ1) is 14.3. The molecule has 0 saturated heterocycles. The molecule has 0 unspecified atom stereocenters. The van der Waals surface area contributed by atoms with Gasteiger partial charge >= 0.3 is 0 Å². The van der Waals surface area contributed by atoms with Crippen LogP contribution in [0.3, 0.4) is 0 Å². The second kappa shape index (κ2) is 6.87. The van der Waals surface area contributed by atoms with Crippen molar-refractivity contribution in [2.75, 3.05) is 6.54 Å². The second-order valence-electron chi connectivity index (χ2n) is 4.92. The quantitative estimate of drug-likeness (QED) is 0.874. The molecular formula is C17H20N2O. The number of hydrogen-bond donors (Lipinski definition) is 2. The van der Waals surface area contributed by atoms with Gasteiger partial charge in [-0.1, -0.05) is 60.2 Å². The van der Waals surface area contributed by atoms with Crippen LogP contribution in [0.15, 0.2) is 54.6 Å². The van der Waals surface area contributed by atoms with Crippen molar-refractivity contribution in [3.8, 4) is 0 Å². The maximum Gasteiger partial charge on any atom is 0.241 e. The molecule has 2 rings (SSSR count). The number of nitrogens with one attached hydrogen (secondary N) is 1. The van der Waals surface area contributed by atoms with Gasteiger partial charge < -0.3 is 11.1 Å². The van der Waals surface area contributed by atoms with Gasteiger partial charge in [-0.25, -0.2) is 0 Å². The van der Waals surface area contributed by atoms with E-state index in [1.165, 1.54) is 11.1 Å². The zero-order valence-corrected chi connectivity index (χ0v) is 11.7. The minimum absolute atomic E-state index is 0.135.